The van der Waals surface area contributed by atoms with Gasteiger partial charge in [0.05, 0.1) is 5.69 Å². The monoisotopic (exact) mass is 579 g/mol. The van der Waals surface area contributed by atoms with Crippen LogP contribution in [0.25, 0.3) is 10.8 Å². The molecule has 0 bridgehead atoms. The average molecular weight is 580 g/mol. The van der Waals surface area contributed by atoms with Crippen LogP contribution in [0.3, 0.4) is 0 Å². The lowest BCUT2D eigenvalue weighted by Gasteiger charge is -2.34. The maximum absolute atomic E-state index is 14.4. The van der Waals surface area contributed by atoms with E-state index in [-0.39, 0.29) is 36.9 Å². The van der Waals surface area contributed by atoms with Gasteiger partial charge in [-0.3, -0.25) is 19.3 Å². The standard InChI is InChI=1S/C35H34ClN3O3/c36-29-19-8-7-13-26(29)22-38(31(21-24-11-3-1-4-12-24)34(41)37-27-16-5-2-6-17-27)32(40)23-39-30-20-10-15-25-14-9-18-28(33(25)30)35(39)42/h1,3-4,7-15,18-20,27,31H,2,5-6,16-17,21-23H2,(H,37,41)/t31-/m0/s1. The number of hydrogen-bond donors (Lipinski definition) is 1. The Labute approximate surface area is 251 Å². The summed E-state index contributed by atoms with van der Waals surface area (Å²) in [6.07, 6.45) is 5.56. The van der Waals surface area contributed by atoms with Crippen molar-refractivity contribution in [3.05, 3.63) is 113 Å². The second-order valence-corrected chi connectivity index (χ2v) is 11.6. The first kappa shape index (κ1) is 28.0. The molecule has 1 atom stereocenters. The van der Waals surface area contributed by atoms with Gasteiger partial charge in [-0.2, -0.15) is 0 Å². The summed E-state index contributed by atoms with van der Waals surface area (Å²) in [6, 6.07) is 27.8. The van der Waals surface area contributed by atoms with E-state index in [4.69, 9.17) is 11.6 Å². The van der Waals surface area contributed by atoms with E-state index in [1.54, 1.807) is 17.0 Å². The molecule has 42 heavy (non-hydrogen) atoms. The van der Waals surface area contributed by atoms with Crippen molar-refractivity contribution in [1.82, 2.24) is 10.2 Å². The van der Waals surface area contributed by atoms with Crippen LogP contribution in [-0.2, 0) is 22.6 Å². The van der Waals surface area contributed by atoms with Gasteiger partial charge in [0.2, 0.25) is 11.8 Å². The molecule has 4 aromatic carbocycles. The van der Waals surface area contributed by atoms with E-state index in [1.165, 1.54) is 11.3 Å². The first-order valence-corrected chi connectivity index (χ1v) is 15.1. The number of nitrogens with zero attached hydrogens (tertiary/aromatic N) is 2. The lowest BCUT2D eigenvalue weighted by atomic mass is 9.94. The van der Waals surface area contributed by atoms with Gasteiger partial charge in [-0.1, -0.05) is 104 Å². The Hall–Kier alpha value is -4.16. The van der Waals surface area contributed by atoms with Gasteiger partial charge in [-0.05, 0) is 47.6 Å². The normalized spacial score (nSPS) is 15.5. The molecule has 214 valence electrons. The van der Waals surface area contributed by atoms with Crippen LogP contribution in [0.1, 0.15) is 53.6 Å². The van der Waals surface area contributed by atoms with E-state index in [0.717, 1.165) is 47.6 Å². The highest BCUT2D eigenvalue weighted by Crippen LogP contribution is 2.37. The third-order valence-electron chi connectivity index (χ3n) is 8.46. The summed E-state index contributed by atoms with van der Waals surface area (Å²) >= 11 is 6.58. The summed E-state index contributed by atoms with van der Waals surface area (Å²) < 4.78 is 0. The molecule has 1 saturated carbocycles. The Bertz CT molecular complexity index is 1610. The number of carbonyl (C=O) groups is 3. The number of hydrogen-bond acceptors (Lipinski definition) is 3. The van der Waals surface area contributed by atoms with Gasteiger partial charge in [-0.15, -0.1) is 0 Å². The number of rotatable bonds is 9. The number of halogens is 1. The third-order valence-corrected chi connectivity index (χ3v) is 8.83. The fourth-order valence-corrected chi connectivity index (χ4v) is 6.47. The highest BCUT2D eigenvalue weighted by Gasteiger charge is 2.36. The van der Waals surface area contributed by atoms with Crippen LogP contribution >= 0.6 is 11.6 Å². The van der Waals surface area contributed by atoms with Gasteiger partial charge < -0.3 is 10.2 Å². The average Bonchev–Trinajstić information content (AvgIpc) is 3.28. The Morgan fingerprint density at radius 2 is 1.60 bits per heavy atom. The van der Waals surface area contributed by atoms with Crippen LogP contribution in [0.4, 0.5) is 5.69 Å². The first-order chi connectivity index (χ1) is 20.5. The first-order valence-electron chi connectivity index (χ1n) is 14.7. The summed E-state index contributed by atoms with van der Waals surface area (Å²) in [6.45, 7) is -0.0354. The molecule has 0 radical (unpaired) electrons. The highest BCUT2D eigenvalue weighted by molar-refractivity contribution is 6.31. The number of anilines is 1. The van der Waals surface area contributed by atoms with E-state index in [9.17, 15) is 14.4 Å². The maximum atomic E-state index is 14.4. The Morgan fingerprint density at radius 1 is 0.881 bits per heavy atom. The molecule has 6 rings (SSSR count). The molecule has 4 aromatic rings. The highest BCUT2D eigenvalue weighted by atomic mass is 35.5. The van der Waals surface area contributed by atoms with Crippen LogP contribution in [0.2, 0.25) is 5.02 Å². The zero-order valence-corrected chi connectivity index (χ0v) is 24.2. The minimum absolute atomic E-state index is 0.0917. The van der Waals surface area contributed by atoms with Crippen molar-refractivity contribution >= 4 is 45.8 Å². The number of carbonyl (C=O) groups excluding carboxylic acids is 3. The molecule has 0 unspecified atom stereocenters. The van der Waals surface area contributed by atoms with Crippen molar-refractivity contribution in [3.63, 3.8) is 0 Å². The van der Waals surface area contributed by atoms with Crippen molar-refractivity contribution in [2.45, 2.75) is 57.2 Å². The summed E-state index contributed by atoms with van der Waals surface area (Å²) in [7, 11) is 0. The molecule has 0 aromatic heterocycles. The van der Waals surface area contributed by atoms with Crippen LogP contribution in [0.15, 0.2) is 91.0 Å². The van der Waals surface area contributed by atoms with Crippen molar-refractivity contribution in [3.8, 4) is 0 Å². The second-order valence-electron chi connectivity index (χ2n) is 11.2. The van der Waals surface area contributed by atoms with Gasteiger partial charge in [0.25, 0.3) is 5.91 Å². The Morgan fingerprint density at radius 3 is 2.36 bits per heavy atom. The second kappa shape index (κ2) is 12.4. The van der Waals surface area contributed by atoms with Crippen LogP contribution in [0, 0.1) is 0 Å². The smallest absolute Gasteiger partial charge is 0.259 e. The molecule has 6 nitrogen and oxygen atoms in total. The van der Waals surface area contributed by atoms with E-state index in [1.807, 2.05) is 78.9 Å². The fraction of sp³-hybridized carbons (Fsp3) is 0.286. The SMILES string of the molecule is O=C(NC1CCCCC1)[C@H](Cc1ccccc1)N(Cc1ccccc1Cl)C(=O)CN1C(=O)c2cccc3cccc1c23. The molecule has 0 spiro atoms. The van der Waals surface area contributed by atoms with Crippen molar-refractivity contribution < 1.29 is 14.4 Å². The molecule has 3 amide bonds. The van der Waals surface area contributed by atoms with E-state index >= 15 is 0 Å². The van der Waals surface area contributed by atoms with Gasteiger partial charge in [-0.25, -0.2) is 0 Å². The van der Waals surface area contributed by atoms with Gasteiger partial charge in [0.1, 0.15) is 12.6 Å². The summed E-state index contributed by atoms with van der Waals surface area (Å²) in [5.74, 6) is -0.698. The van der Waals surface area contributed by atoms with Crippen molar-refractivity contribution in [2.75, 3.05) is 11.4 Å². The van der Waals surface area contributed by atoms with Crippen LogP contribution < -0.4 is 10.2 Å². The number of nitrogens with one attached hydrogen (secondary N) is 1. The Kier molecular flexibility index (Phi) is 8.24. The summed E-state index contributed by atoms with van der Waals surface area (Å²) in [4.78, 5) is 45.1. The quantitative estimate of drug-likeness (QED) is 0.245. The van der Waals surface area contributed by atoms with Crippen molar-refractivity contribution in [1.29, 1.82) is 0 Å². The van der Waals surface area contributed by atoms with Gasteiger partial charge in [0, 0.05) is 35.0 Å². The minimum Gasteiger partial charge on any atom is -0.352 e. The third kappa shape index (κ3) is 5.77. The number of amides is 3. The molecule has 2 aliphatic rings. The minimum atomic E-state index is -0.783. The maximum Gasteiger partial charge on any atom is 0.259 e. The molecular formula is C35H34ClN3O3. The van der Waals surface area contributed by atoms with E-state index < -0.39 is 6.04 Å². The van der Waals surface area contributed by atoms with Crippen LogP contribution in [-0.4, -0.2) is 41.2 Å². The van der Waals surface area contributed by atoms with Crippen LogP contribution in [0.5, 0.6) is 0 Å². The fourth-order valence-electron chi connectivity index (χ4n) is 6.27. The molecule has 1 aliphatic carbocycles. The summed E-state index contributed by atoms with van der Waals surface area (Å²) in [5.41, 5.74) is 3.00. The molecule has 0 saturated heterocycles. The molecule has 1 N–H and O–H groups in total. The van der Waals surface area contributed by atoms with E-state index in [2.05, 4.69) is 5.32 Å². The predicted octanol–water partition coefficient (Wildman–Crippen LogP) is 6.54. The zero-order valence-electron chi connectivity index (χ0n) is 23.5. The topological polar surface area (TPSA) is 69.7 Å². The van der Waals surface area contributed by atoms with Gasteiger partial charge in [0.15, 0.2) is 0 Å². The Balaban J connectivity index is 1.35. The zero-order chi connectivity index (χ0) is 29.1. The molecule has 1 fully saturated rings. The lowest BCUT2D eigenvalue weighted by molar-refractivity contribution is -0.140. The largest absolute Gasteiger partial charge is 0.352 e. The molecule has 7 heteroatoms. The molecule has 1 heterocycles. The molecular weight excluding hydrogens is 546 g/mol. The van der Waals surface area contributed by atoms with Gasteiger partial charge >= 0.3 is 0 Å². The predicted molar refractivity (Wildman–Crippen MR) is 167 cm³/mol. The number of benzene rings is 4. The van der Waals surface area contributed by atoms with E-state index in [0.29, 0.717) is 22.7 Å². The van der Waals surface area contributed by atoms with Crippen molar-refractivity contribution in [2.24, 2.45) is 0 Å². The molecule has 1 aliphatic heterocycles. The summed E-state index contributed by atoms with van der Waals surface area (Å²) in [5, 5.41) is 5.59. The lowest BCUT2D eigenvalue weighted by Crippen LogP contribution is -2.54.